The van der Waals surface area contributed by atoms with Crippen LogP contribution in [0.25, 0.3) is 11.3 Å². The molecule has 0 fully saturated rings. The van der Waals surface area contributed by atoms with E-state index in [4.69, 9.17) is 19.2 Å². The van der Waals surface area contributed by atoms with Gasteiger partial charge in [0.15, 0.2) is 4.80 Å². The molecule has 0 amide bonds. The Morgan fingerprint density at radius 2 is 1.56 bits per heavy atom. The molecule has 2 aromatic carbocycles. The smallest absolute Gasteiger partial charge is 0.190 e. The number of ether oxygens (including phenoxy) is 3. The van der Waals surface area contributed by atoms with Crippen LogP contribution in [0.2, 0.25) is 0 Å². The van der Waals surface area contributed by atoms with Crippen LogP contribution in [0.3, 0.4) is 0 Å². The molecule has 0 bridgehead atoms. The lowest BCUT2D eigenvalue weighted by molar-refractivity contribution is 0.404. The van der Waals surface area contributed by atoms with Crippen LogP contribution in [0.15, 0.2) is 52.8 Å². The maximum atomic E-state index is 5.58. The van der Waals surface area contributed by atoms with E-state index in [1.54, 1.807) is 32.7 Å². The predicted octanol–water partition coefficient (Wildman–Crippen LogP) is 5.06. The largest absolute Gasteiger partial charge is 0.497 e. The van der Waals surface area contributed by atoms with Gasteiger partial charge in [-0.05, 0) is 56.3 Å². The van der Waals surface area contributed by atoms with E-state index in [0.29, 0.717) is 0 Å². The van der Waals surface area contributed by atoms with Crippen molar-refractivity contribution in [2.24, 2.45) is 4.99 Å². The molecule has 1 heterocycles. The molecule has 0 spiro atoms. The third-order valence-electron chi connectivity index (χ3n) is 4.24. The Hall–Kier alpha value is -2.73. The maximum Gasteiger partial charge on any atom is 0.190 e. The third kappa shape index (κ3) is 4.01. The summed E-state index contributed by atoms with van der Waals surface area (Å²) >= 11 is 1.61. The highest BCUT2D eigenvalue weighted by Gasteiger charge is 2.16. The Labute approximate surface area is 163 Å². The minimum Gasteiger partial charge on any atom is -0.497 e. The first-order valence-corrected chi connectivity index (χ1v) is 9.56. The number of hydrogen-bond donors (Lipinski definition) is 0. The summed E-state index contributed by atoms with van der Waals surface area (Å²) in [4.78, 5) is 5.76. The lowest BCUT2D eigenvalue weighted by Crippen LogP contribution is -2.18. The summed E-state index contributed by atoms with van der Waals surface area (Å²) in [6.45, 7) is 4.30. The second-order valence-electron chi connectivity index (χ2n) is 6.24. The van der Waals surface area contributed by atoms with E-state index in [1.807, 2.05) is 42.5 Å². The molecule has 0 aliphatic rings. The SMILES string of the molecule is COc1ccc(N=c2scc(-c3cc(OC)ccc3OC)n2C(C)C)cc1. The Morgan fingerprint density at radius 1 is 0.889 bits per heavy atom. The Kier molecular flexibility index (Phi) is 5.86. The van der Waals surface area contributed by atoms with E-state index < -0.39 is 0 Å². The number of nitrogens with zero attached hydrogens (tertiary/aromatic N) is 2. The van der Waals surface area contributed by atoms with Crippen molar-refractivity contribution in [1.29, 1.82) is 0 Å². The number of methoxy groups -OCH3 is 3. The summed E-state index contributed by atoms with van der Waals surface area (Å²) in [7, 11) is 5.01. The summed E-state index contributed by atoms with van der Waals surface area (Å²) in [5.41, 5.74) is 2.92. The van der Waals surface area contributed by atoms with E-state index in [2.05, 4.69) is 23.8 Å². The second kappa shape index (κ2) is 8.31. The lowest BCUT2D eigenvalue weighted by Gasteiger charge is -2.16. The molecule has 0 saturated heterocycles. The van der Waals surface area contributed by atoms with Crippen LogP contribution in [0.1, 0.15) is 19.9 Å². The molecular formula is C21H24N2O3S. The molecule has 3 aromatic rings. The first-order chi connectivity index (χ1) is 13.1. The molecule has 142 valence electrons. The zero-order chi connectivity index (χ0) is 19.4. The van der Waals surface area contributed by atoms with E-state index >= 15 is 0 Å². The topological polar surface area (TPSA) is 45.0 Å². The average molecular weight is 385 g/mol. The predicted molar refractivity (Wildman–Crippen MR) is 109 cm³/mol. The van der Waals surface area contributed by atoms with Crippen LogP contribution in [-0.4, -0.2) is 25.9 Å². The second-order valence-corrected chi connectivity index (χ2v) is 7.08. The van der Waals surface area contributed by atoms with E-state index in [9.17, 15) is 0 Å². The van der Waals surface area contributed by atoms with Crippen LogP contribution in [0.4, 0.5) is 5.69 Å². The van der Waals surface area contributed by atoms with E-state index in [1.165, 1.54) is 0 Å². The first kappa shape index (κ1) is 19.0. The minimum atomic E-state index is 0.235. The Balaban J connectivity index is 2.15. The highest BCUT2D eigenvalue weighted by Crippen LogP contribution is 2.35. The van der Waals surface area contributed by atoms with Crippen LogP contribution in [0, 0.1) is 0 Å². The van der Waals surface area contributed by atoms with Gasteiger partial charge in [-0.25, -0.2) is 4.99 Å². The molecule has 0 atom stereocenters. The van der Waals surface area contributed by atoms with E-state index in [0.717, 1.165) is 39.0 Å². The number of benzene rings is 2. The van der Waals surface area contributed by atoms with Crippen molar-refractivity contribution in [2.75, 3.05) is 21.3 Å². The number of hydrogen-bond acceptors (Lipinski definition) is 5. The van der Waals surface area contributed by atoms with Crippen LogP contribution < -0.4 is 19.0 Å². The fraction of sp³-hybridized carbons (Fsp3) is 0.286. The van der Waals surface area contributed by atoms with Crippen molar-refractivity contribution >= 4 is 17.0 Å². The van der Waals surface area contributed by atoms with Gasteiger partial charge in [0.2, 0.25) is 0 Å². The van der Waals surface area contributed by atoms with Crippen molar-refractivity contribution in [2.45, 2.75) is 19.9 Å². The molecule has 5 nitrogen and oxygen atoms in total. The maximum absolute atomic E-state index is 5.58. The van der Waals surface area contributed by atoms with Crippen molar-refractivity contribution in [3.05, 3.63) is 52.6 Å². The van der Waals surface area contributed by atoms with Gasteiger partial charge in [0.25, 0.3) is 0 Å². The molecule has 27 heavy (non-hydrogen) atoms. The van der Waals surface area contributed by atoms with E-state index in [-0.39, 0.29) is 6.04 Å². The molecule has 0 unspecified atom stereocenters. The van der Waals surface area contributed by atoms with Gasteiger partial charge in [-0.15, -0.1) is 11.3 Å². The highest BCUT2D eigenvalue weighted by molar-refractivity contribution is 7.07. The number of rotatable bonds is 6. The zero-order valence-electron chi connectivity index (χ0n) is 16.2. The van der Waals surface area contributed by atoms with Gasteiger partial charge >= 0.3 is 0 Å². The first-order valence-electron chi connectivity index (χ1n) is 8.68. The minimum absolute atomic E-state index is 0.235. The van der Waals surface area contributed by atoms with Crippen LogP contribution >= 0.6 is 11.3 Å². The molecule has 0 aliphatic heterocycles. The summed E-state index contributed by atoms with van der Waals surface area (Å²) in [6.07, 6.45) is 0. The van der Waals surface area contributed by atoms with Gasteiger partial charge in [-0.1, -0.05) is 0 Å². The summed E-state index contributed by atoms with van der Waals surface area (Å²) < 4.78 is 18.4. The van der Waals surface area contributed by atoms with Gasteiger partial charge < -0.3 is 18.8 Å². The molecule has 3 rings (SSSR count). The molecule has 1 aromatic heterocycles. The average Bonchev–Trinajstić information content (AvgIpc) is 3.11. The molecular weight excluding hydrogens is 360 g/mol. The molecule has 0 aliphatic carbocycles. The third-order valence-corrected chi connectivity index (χ3v) is 5.08. The fourth-order valence-corrected chi connectivity index (χ4v) is 3.92. The molecule has 0 N–H and O–H groups in total. The standard InChI is InChI=1S/C21H24N2O3S/c1-14(2)23-19(18-12-17(25-4)10-11-20(18)26-5)13-27-21(23)22-15-6-8-16(24-3)9-7-15/h6-14H,1-5H3. The summed E-state index contributed by atoms with van der Waals surface area (Å²) in [6, 6.07) is 13.8. The molecule has 0 saturated carbocycles. The van der Waals surface area contributed by atoms with Crippen molar-refractivity contribution in [3.63, 3.8) is 0 Å². The zero-order valence-corrected chi connectivity index (χ0v) is 17.0. The van der Waals surface area contributed by atoms with Gasteiger partial charge in [-0.3, -0.25) is 0 Å². The molecule has 0 radical (unpaired) electrons. The Morgan fingerprint density at radius 3 is 2.15 bits per heavy atom. The van der Waals surface area contributed by atoms with Gasteiger partial charge in [-0.2, -0.15) is 0 Å². The van der Waals surface area contributed by atoms with Crippen LogP contribution in [0.5, 0.6) is 17.2 Å². The molecule has 6 heteroatoms. The number of thiazole rings is 1. The van der Waals surface area contributed by atoms with Crippen molar-refractivity contribution in [3.8, 4) is 28.5 Å². The highest BCUT2D eigenvalue weighted by atomic mass is 32.1. The monoisotopic (exact) mass is 384 g/mol. The number of aromatic nitrogens is 1. The fourth-order valence-electron chi connectivity index (χ4n) is 2.88. The van der Waals surface area contributed by atoms with Gasteiger partial charge in [0.1, 0.15) is 17.2 Å². The summed E-state index contributed by atoms with van der Waals surface area (Å²) in [5.74, 6) is 2.42. The van der Waals surface area contributed by atoms with Crippen LogP contribution in [-0.2, 0) is 0 Å². The normalized spacial score (nSPS) is 11.7. The summed E-state index contributed by atoms with van der Waals surface area (Å²) in [5, 5.41) is 2.11. The lowest BCUT2D eigenvalue weighted by atomic mass is 10.1. The van der Waals surface area contributed by atoms with Crippen molar-refractivity contribution in [1.82, 2.24) is 4.57 Å². The Bertz CT molecular complexity index is 972. The van der Waals surface area contributed by atoms with Gasteiger partial charge in [0.05, 0.1) is 32.7 Å². The quantitative estimate of drug-likeness (QED) is 0.597. The van der Waals surface area contributed by atoms with Crippen molar-refractivity contribution < 1.29 is 14.2 Å². The van der Waals surface area contributed by atoms with Gasteiger partial charge in [0, 0.05) is 17.0 Å².